The largest absolute Gasteiger partial charge is 0.348 e. The summed E-state index contributed by atoms with van der Waals surface area (Å²) < 4.78 is 25.1. The lowest BCUT2D eigenvalue weighted by atomic mass is 10.1. The maximum Gasteiger partial charge on any atom is 0.251 e. The van der Waals surface area contributed by atoms with Gasteiger partial charge in [-0.3, -0.25) is 9.52 Å². The number of aryl methyl sites for hydroxylation is 1. The van der Waals surface area contributed by atoms with Gasteiger partial charge in [0.25, 0.3) is 5.91 Å². The smallest absolute Gasteiger partial charge is 0.251 e. The quantitative estimate of drug-likeness (QED) is 0.706. The third kappa shape index (κ3) is 4.85. The number of benzene rings is 1. The minimum absolute atomic E-state index is 0.212. The first-order valence-electron chi connectivity index (χ1n) is 7.10. The molecule has 120 valence electrons. The molecule has 0 aromatic heterocycles. The molecule has 0 saturated carbocycles. The lowest BCUT2D eigenvalue weighted by Crippen LogP contribution is -2.29. The molecule has 1 aromatic rings. The van der Waals surface area contributed by atoms with Gasteiger partial charge in [0.2, 0.25) is 10.0 Å². The summed E-state index contributed by atoms with van der Waals surface area (Å²) in [6, 6.07) is 4.98. The molecular formula is C15H21N3O3S. The van der Waals surface area contributed by atoms with E-state index in [2.05, 4.69) is 21.4 Å². The van der Waals surface area contributed by atoms with Crippen molar-refractivity contribution in [2.45, 2.75) is 13.3 Å². The Balaban J connectivity index is 2.06. The van der Waals surface area contributed by atoms with Crippen LogP contribution in [0.3, 0.4) is 0 Å². The fourth-order valence-corrected chi connectivity index (χ4v) is 2.82. The summed E-state index contributed by atoms with van der Waals surface area (Å²) >= 11 is 0. The van der Waals surface area contributed by atoms with E-state index < -0.39 is 10.0 Å². The van der Waals surface area contributed by atoms with Gasteiger partial charge in [-0.1, -0.05) is 17.7 Å². The molecule has 0 unspecified atom stereocenters. The fraction of sp³-hybridized carbons (Fsp3) is 0.400. The highest BCUT2D eigenvalue weighted by molar-refractivity contribution is 7.92. The van der Waals surface area contributed by atoms with E-state index in [0.717, 1.165) is 31.3 Å². The van der Waals surface area contributed by atoms with E-state index in [0.29, 0.717) is 17.8 Å². The normalized spacial score (nSPS) is 15.1. The fourth-order valence-electron chi connectivity index (χ4n) is 2.20. The summed E-state index contributed by atoms with van der Waals surface area (Å²) in [6.45, 7) is 4.06. The third-order valence-corrected chi connectivity index (χ3v) is 4.02. The zero-order valence-corrected chi connectivity index (χ0v) is 13.6. The van der Waals surface area contributed by atoms with Gasteiger partial charge >= 0.3 is 0 Å². The van der Waals surface area contributed by atoms with Gasteiger partial charge in [-0.25, -0.2) is 8.42 Å². The van der Waals surface area contributed by atoms with Crippen molar-refractivity contribution >= 4 is 21.6 Å². The molecule has 1 aliphatic rings. The minimum Gasteiger partial charge on any atom is -0.348 e. The summed E-state index contributed by atoms with van der Waals surface area (Å²) in [6.07, 6.45) is 4.09. The Kier molecular flexibility index (Phi) is 5.20. The van der Waals surface area contributed by atoms with E-state index >= 15 is 0 Å². The molecule has 1 aliphatic heterocycles. The van der Waals surface area contributed by atoms with E-state index in [9.17, 15) is 13.2 Å². The van der Waals surface area contributed by atoms with E-state index in [1.807, 2.05) is 0 Å². The van der Waals surface area contributed by atoms with E-state index in [1.165, 1.54) is 5.57 Å². The van der Waals surface area contributed by atoms with Crippen LogP contribution in [0.4, 0.5) is 5.69 Å². The van der Waals surface area contributed by atoms with Crippen LogP contribution < -0.4 is 15.4 Å². The molecule has 3 N–H and O–H groups in total. The van der Waals surface area contributed by atoms with Crippen LogP contribution in [0.25, 0.3) is 0 Å². The molecular weight excluding hydrogens is 302 g/mol. The number of amides is 1. The molecule has 1 heterocycles. The van der Waals surface area contributed by atoms with Crippen molar-refractivity contribution in [3.63, 3.8) is 0 Å². The van der Waals surface area contributed by atoms with Crippen LogP contribution in [0.5, 0.6) is 0 Å². The van der Waals surface area contributed by atoms with Gasteiger partial charge in [-0.05, 0) is 37.6 Å². The number of carbonyl (C=O) groups is 1. The van der Waals surface area contributed by atoms with Gasteiger partial charge in [-0.2, -0.15) is 0 Å². The van der Waals surface area contributed by atoms with Crippen molar-refractivity contribution in [3.05, 3.63) is 41.0 Å². The summed E-state index contributed by atoms with van der Waals surface area (Å²) in [4.78, 5) is 12.2. The van der Waals surface area contributed by atoms with Gasteiger partial charge < -0.3 is 10.6 Å². The van der Waals surface area contributed by atoms with Crippen molar-refractivity contribution in [1.82, 2.24) is 10.6 Å². The summed E-state index contributed by atoms with van der Waals surface area (Å²) in [5.74, 6) is -0.212. The summed E-state index contributed by atoms with van der Waals surface area (Å²) in [7, 11) is -3.37. The maximum absolute atomic E-state index is 12.2. The molecule has 7 heteroatoms. The molecule has 0 atom stereocenters. The second-order valence-corrected chi connectivity index (χ2v) is 7.15. The Morgan fingerprint density at radius 1 is 1.36 bits per heavy atom. The Labute approximate surface area is 131 Å². The SMILES string of the molecule is Cc1ccc(C(=O)NCC2=CCNCC2)cc1NS(C)(=O)=O. The Morgan fingerprint density at radius 2 is 2.14 bits per heavy atom. The third-order valence-electron chi connectivity index (χ3n) is 3.43. The van der Waals surface area contributed by atoms with Crippen LogP contribution in [0, 0.1) is 6.92 Å². The molecule has 0 fully saturated rings. The van der Waals surface area contributed by atoms with Gasteiger partial charge in [0, 0.05) is 18.7 Å². The molecule has 0 saturated heterocycles. The lowest BCUT2D eigenvalue weighted by Gasteiger charge is -2.15. The lowest BCUT2D eigenvalue weighted by molar-refractivity contribution is 0.0956. The summed E-state index contributed by atoms with van der Waals surface area (Å²) in [5, 5.41) is 6.08. The monoisotopic (exact) mass is 323 g/mol. The topological polar surface area (TPSA) is 87.3 Å². The zero-order chi connectivity index (χ0) is 16.2. The van der Waals surface area contributed by atoms with Crippen molar-refractivity contribution in [3.8, 4) is 0 Å². The van der Waals surface area contributed by atoms with Gasteiger partial charge in [0.05, 0.1) is 11.9 Å². The van der Waals surface area contributed by atoms with Gasteiger partial charge in [0.15, 0.2) is 0 Å². The van der Waals surface area contributed by atoms with Crippen LogP contribution in [0.2, 0.25) is 0 Å². The number of nitrogens with one attached hydrogen (secondary N) is 3. The van der Waals surface area contributed by atoms with Gasteiger partial charge in [0.1, 0.15) is 0 Å². The predicted molar refractivity (Wildman–Crippen MR) is 87.5 cm³/mol. The van der Waals surface area contributed by atoms with Crippen LogP contribution >= 0.6 is 0 Å². The Bertz CT molecular complexity index is 696. The molecule has 0 bridgehead atoms. The first-order valence-corrected chi connectivity index (χ1v) is 8.99. The number of sulfonamides is 1. The van der Waals surface area contributed by atoms with Crippen LogP contribution in [0.1, 0.15) is 22.3 Å². The first-order chi connectivity index (χ1) is 10.3. The van der Waals surface area contributed by atoms with Crippen molar-refractivity contribution in [1.29, 1.82) is 0 Å². The number of hydrogen-bond acceptors (Lipinski definition) is 4. The predicted octanol–water partition coefficient (Wildman–Crippen LogP) is 1.02. The number of anilines is 1. The van der Waals surface area contributed by atoms with Crippen LogP contribution in [-0.4, -0.2) is 40.2 Å². The second-order valence-electron chi connectivity index (χ2n) is 5.40. The van der Waals surface area contributed by atoms with E-state index in [4.69, 9.17) is 0 Å². The molecule has 2 rings (SSSR count). The second kappa shape index (κ2) is 6.93. The highest BCUT2D eigenvalue weighted by Crippen LogP contribution is 2.18. The molecule has 0 spiro atoms. The van der Waals surface area contributed by atoms with Crippen molar-refractivity contribution < 1.29 is 13.2 Å². The standard InChI is InChI=1S/C15H21N3O3S/c1-11-3-4-13(9-14(11)18-22(2,20)21)15(19)17-10-12-5-7-16-8-6-12/h3-5,9,16,18H,6-8,10H2,1-2H3,(H,17,19). The van der Waals surface area contributed by atoms with Crippen molar-refractivity contribution in [2.24, 2.45) is 0 Å². The molecule has 1 amide bonds. The molecule has 0 aliphatic carbocycles. The zero-order valence-electron chi connectivity index (χ0n) is 12.8. The number of rotatable bonds is 5. The van der Waals surface area contributed by atoms with Crippen LogP contribution in [-0.2, 0) is 10.0 Å². The highest BCUT2D eigenvalue weighted by atomic mass is 32.2. The maximum atomic E-state index is 12.2. The Hall–Kier alpha value is -1.86. The first kappa shape index (κ1) is 16.5. The van der Waals surface area contributed by atoms with E-state index in [-0.39, 0.29) is 5.91 Å². The minimum atomic E-state index is -3.37. The summed E-state index contributed by atoms with van der Waals surface area (Å²) in [5.41, 5.74) is 2.83. The molecule has 1 aromatic carbocycles. The molecule has 0 radical (unpaired) electrons. The van der Waals surface area contributed by atoms with Crippen molar-refractivity contribution in [2.75, 3.05) is 30.6 Å². The van der Waals surface area contributed by atoms with E-state index in [1.54, 1.807) is 25.1 Å². The molecule has 22 heavy (non-hydrogen) atoms. The number of carbonyl (C=O) groups excluding carboxylic acids is 1. The van der Waals surface area contributed by atoms with Crippen LogP contribution in [0.15, 0.2) is 29.8 Å². The molecule has 6 nitrogen and oxygen atoms in total. The van der Waals surface area contributed by atoms with Gasteiger partial charge in [-0.15, -0.1) is 0 Å². The highest BCUT2D eigenvalue weighted by Gasteiger charge is 2.11. The average Bonchev–Trinajstić information content (AvgIpc) is 2.47. The average molecular weight is 323 g/mol. The number of hydrogen-bond donors (Lipinski definition) is 3. The Morgan fingerprint density at radius 3 is 2.77 bits per heavy atom.